The highest BCUT2D eigenvalue weighted by atomic mass is 32.1. The number of piperazine rings is 1. The Labute approximate surface area is 180 Å². The molecule has 1 aliphatic heterocycles. The smallest absolute Gasteiger partial charge is 0.345 e. The largest absolute Gasteiger partial charge is 0.507 e. The van der Waals surface area contributed by atoms with Crippen LogP contribution >= 0.6 is 11.3 Å². The Hall–Kier alpha value is -3.42. The number of hydrogen-bond acceptors (Lipinski definition) is 10. The lowest BCUT2D eigenvalue weighted by atomic mass is 10.1. The molecule has 3 heterocycles. The molecular formula is C18H20N8O4S. The van der Waals surface area contributed by atoms with E-state index in [2.05, 4.69) is 37.5 Å². The van der Waals surface area contributed by atoms with Gasteiger partial charge in [0, 0.05) is 38.8 Å². The van der Waals surface area contributed by atoms with Crippen LogP contribution in [0.4, 0.5) is 10.1 Å². The Morgan fingerprint density at radius 3 is 2.77 bits per heavy atom. The van der Waals surface area contributed by atoms with Gasteiger partial charge < -0.3 is 10.0 Å². The summed E-state index contributed by atoms with van der Waals surface area (Å²) >= 11 is 0.734. The Balaban J connectivity index is 1.43. The highest BCUT2D eigenvalue weighted by Gasteiger charge is 2.18. The van der Waals surface area contributed by atoms with Crippen LogP contribution in [0.3, 0.4) is 0 Å². The number of rotatable bonds is 6. The Morgan fingerprint density at radius 1 is 1.32 bits per heavy atom. The molecule has 1 aromatic carbocycles. The van der Waals surface area contributed by atoms with Crippen molar-refractivity contribution in [2.75, 3.05) is 38.5 Å². The van der Waals surface area contributed by atoms with Crippen LogP contribution in [0.25, 0.3) is 5.69 Å². The summed E-state index contributed by atoms with van der Waals surface area (Å²) in [6, 6.07) is 4.49. The topological polar surface area (TPSA) is 143 Å². The van der Waals surface area contributed by atoms with Crippen molar-refractivity contribution in [1.82, 2.24) is 29.8 Å². The van der Waals surface area contributed by atoms with E-state index in [-0.39, 0.29) is 21.4 Å². The SMILES string of the molecule is CN1CCN(Cc2cn(-c3ccc(C(=O)Nc4ncc([N+](=O)[O-])s4)c(O)c3)nn2)CC1. The van der Waals surface area contributed by atoms with E-state index in [4.69, 9.17) is 0 Å². The van der Waals surface area contributed by atoms with E-state index < -0.39 is 10.8 Å². The molecule has 1 aliphatic rings. The molecule has 162 valence electrons. The van der Waals surface area contributed by atoms with Crippen molar-refractivity contribution in [3.8, 4) is 11.4 Å². The predicted octanol–water partition coefficient (Wildman–Crippen LogP) is 1.34. The maximum Gasteiger partial charge on any atom is 0.345 e. The Bertz CT molecular complexity index is 1110. The van der Waals surface area contributed by atoms with Crippen LogP contribution in [0.15, 0.2) is 30.6 Å². The molecule has 31 heavy (non-hydrogen) atoms. The molecule has 1 amide bonds. The van der Waals surface area contributed by atoms with Crippen LogP contribution in [0.2, 0.25) is 0 Å². The first kappa shape index (κ1) is 20.8. The number of benzene rings is 1. The maximum absolute atomic E-state index is 12.4. The van der Waals surface area contributed by atoms with E-state index in [0.717, 1.165) is 49.4 Å². The molecule has 13 heteroatoms. The van der Waals surface area contributed by atoms with E-state index in [1.54, 1.807) is 12.3 Å². The van der Waals surface area contributed by atoms with Gasteiger partial charge in [0.15, 0.2) is 5.13 Å². The third-order valence-corrected chi connectivity index (χ3v) is 5.77. The second kappa shape index (κ2) is 8.75. The quantitative estimate of drug-likeness (QED) is 0.425. The minimum Gasteiger partial charge on any atom is -0.507 e. The number of carbonyl (C=O) groups is 1. The summed E-state index contributed by atoms with van der Waals surface area (Å²) < 4.78 is 1.54. The van der Waals surface area contributed by atoms with Crippen LogP contribution in [0.5, 0.6) is 5.75 Å². The lowest BCUT2D eigenvalue weighted by Gasteiger charge is -2.31. The molecule has 0 unspecified atom stereocenters. The van der Waals surface area contributed by atoms with Gasteiger partial charge in [0.05, 0.1) is 28.1 Å². The summed E-state index contributed by atoms with van der Waals surface area (Å²) in [6.07, 6.45) is 2.86. The zero-order valence-electron chi connectivity index (χ0n) is 16.6. The van der Waals surface area contributed by atoms with Gasteiger partial charge >= 0.3 is 5.00 Å². The lowest BCUT2D eigenvalue weighted by Crippen LogP contribution is -2.43. The first-order valence-corrected chi connectivity index (χ1v) is 10.3. The van der Waals surface area contributed by atoms with E-state index in [1.807, 2.05) is 0 Å². The summed E-state index contributed by atoms with van der Waals surface area (Å²) in [5.41, 5.74) is 1.38. The first-order valence-electron chi connectivity index (χ1n) is 9.46. The van der Waals surface area contributed by atoms with E-state index in [1.165, 1.54) is 16.8 Å². The van der Waals surface area contributed by atoms with Crippen molar-refractivity contribution in [3.05, 3.63) is 52.0 Å². The summed E-state index contributed by atoms with van der Waals surface area (Å²) in [6.45, 7) is 4.66. The number of phenolic OH excluding ortho intramolecular Hbond substituents is 1. The lowest BCUT2D eigenvalue weighted by molar-refractivity contribution is -0.380. The average Bonchev–Trinajstić information content (AvgIpc) is 3.39. The fraction of sp³-hybridized carbons (Fsp3) is 0.333. The van der Waals surface area contributed by atoms with Crippen molar-refractivity contribution in [2.24, 2.45) is 0 Å². The summed E-state index contributed by atoms with van der Waals surface area (Å²) in [5, 5.41) is 31.7. The second-order valence-corrected chi connectivity index (χ2v) is 8.16. The zero-order chi connectivity index (χ0) is 22.0. The molecule has 3 aromatic rings. The zero-order valence-corrected chi connectivity index (χ0v) is 17.4. The number of aromatic nitrogens is 4. The van der Waals surface area contributed by atoms with Crippen LogP contribution in [-0.2, 0) is 6.54 Å². The number of anilines is 1. The van der Waals surface area contributed by atoms with Crippen molar-refractivity contribution in [2.45, 2.75) is 6.54 Å². The number of phenols is 1. The number of amides is 1. The number of thiazole rings is 1. The number of carbonyl (C=O) groups excluding carboxylic acids is 1. The normalized spacial score (nSPS) is 15.1. The first-order chi connectivity index (χ1) is 14.9. The minimum atomic E-state index is -0.623. The fourth-order valence-electron chi connectivity index (χ4n) is 3.16. The van der Waals surface area contributed by atoms with E-state index in [9.17, 15) is 20.0 Å². The van der Waals surface area contributed by atoms with Gasteiger partial charge in [0.2, 0.25) is 0 Å². The molecule has 0 radical (unpaired) electrons. The average molecular weight is 444 g/mol. The molecular weight excluding hydrogens is 424 g/mol. The van der Waals surface area contributed by atoms with Crippen LogP contribution in [-0.4, -0.2) is 78.9 Å². The molecule has 4 rings (SSSR count). The molecule has 1 saturated heterocycles. The Morgan fingerprint density at radius 2 is 2.10 bits per heavy atom. The van der Waals surface area contributed by atoms with Gasteiger partial charge in [-0.15, -0.1) is 5.10 Å². The van der Waals surface area contributed by atoms with Gasteiger partial charge in [-0.2, -0.15) is 0 Å². The van der Waals surface area contributed by atoms with Gasteiger partial charge in [-0.05, 0) is 30.5 Å². The fourth-order valence-corrected chi connectivity index (χ4v) is 3.79. The van der Waals surface area contributed by atoms with Crippen LogP contribution < -0.4 is 5.32 Å². The molecule has 12 nitrogen and oxygen atoms in total. The maximum atomic E-state index is 12.4. The molecule has 0 aliphatic carbocycles. The number of hydrogen-bond donors (Lipinski definition) is 2. The second-order valence-electron chi connectivity index (χ2n) is 7.15. The van der Waals surface area contributed by atoms with Crippen molar-refractivity contribution >= 4 is 27.4 Å². The van der Waals surface area contributed by atoms with Gasteiger partial charge in [-0.3, -0.25) is 25.1 Å². The number of nitrogens with zero attached hydrogens (tertiary/aromatic N) is 7. The third kappa shape index (κ3) is 4.84. The standard InChI is InChI=1S/C18H20N8O4S/c1-23-4-6-24(7-5-23)10-12-11-25(22-21-12)13-2-3-14(15(27)8-13)17(28)20-18-19-9-16(31-18)26(29)30/h2-3,8-9,11,27H,4-7,10H2,1H3,(H,19,20,28). The molecule has 0 spiro atoms. The minimum absolute atomic E-state index is 0.0133. The molecule has 0 saturated carbocycles. The number of aromatic hydroxyl groups is 1. The van der Waals surface area contributed by atoms with E-state index >= 15 is 0 Å². The molecule has 0 atom stereocenters. The van der Waals surface area contributed by atoms with Crippen LogP contribution in [0, 0.1) is 10.1 Å². The van der Waals surface area contributed by atoms with Crippen molar-refractivity contribution < 1.29 is 14.8 Å². The van der Waals surface area contributed by atoms with Gasteiger partial charge in [-0.1, -0.05) is 5.21 Å². The predicted molar refractivity (Wildman–Crippen MR) is 113 cm³/mol. The van der Waals surface area contributed by atoms with Crippen molar-refractivity contribution in [1.29, 1.82) is 0 Å². The van der Waals surface area contributed by atoms with Gasteiger partial charge in [-0.25, -0.2) is 9.67 Å². The summed E-state index contributed by atoms with van der Waals surface area (Å²) in [4.78, 5) is 30.9. The molecule has 1 fully saturated rings. The summed E-state index contributed by atoms with van der Waals surface area (Å²) in [7, 11) is 2.10. The molecule has 2 N–H and O–H groups in total. The number of nitro groups is 1. The van der Waals surface area contributed by atoms with Gasteiger partial charge in [0.25, 0.3) is 5.91 Å². The van der Waals surface area contributed by atoms with Crippen LogP contribution in [0.1, 0.15) is 16.1 Å². The van der Waals surface area contributed by atoms with Gasteiger partial charge in [0.1, 0.15) is 11.9 Å². The highest BCUT2D eigenvalue weighted by Crippen LogP contribution is 2.27. The number of likely N-dealkylation sites (N-methyl/N-ethyl adjacent to an activating group) is 1. The third-order valence-electron chi connectivity index (χ3n) is 4.91. The summed E-state index contributed by atoms with van der Waals surface area (Å²) in [5.74, 6) is -0.875. The van der Waals surface area contributed by atoms with Crippen molar-refractivity contribution in [3.63, 3.8) is 0 Å². The molecule has 0 bridgehead atoms. The molecule has 2 aromatic heterocycles. The van der Waals surface area contributed by atoms with E-state index in [0.29, 0.717) is 12.2 Å². The Kier molecular flexibility index (Phi) is 5.88. The monoisotopic (exact) mass is 444 g/mol. The highest BCUT2D eigenvalue weighted by molar-refractivity contribution is 7.18. The number of nitrogens with one attached hydrogen (secondary N) is 1.